The van der Waals surface area contributed by atoms with E-state index < -0.39 is 0 Å². The lowest BCUT2D eigenvalue weighted by Gasteiger charge is -2.24. The van der Waals surface area contributed by atoms with Crippen LogP contribution in [-0.2, 0) is 4.79 Å². The highest BCUT2D eigenvalue weighted by molar-refractivity contribution is 5.84. The molecular weight excluding hydrogens is 284 g/mol. The molecule has 1 saturated heterocycles. The van der Waals surface area contributed by atoms with Crippen LogP contribution in [0.3, 0.4) is 0 Å². The van der Waals surface area contributed by atoms with Crippen LogP contribution in [0.4, 0.5) is 5.69 Å². The van der Waals surface area contributed by atoms with Gasteiger partial charge in [-0.3, -0.25) is 4.79 Å². The van der Waals surface area contributed by atoms with Gasteiger partial charge in [-0.2, -0.15) is 0 Å². The van der Waals surface area contributed by atoms with E-state index in [1.165, 1.54) is 0 Å². The van der Waals surface area contributed by atoms with Crippen molar-refractivity contribution in [3.8, 4) is 11.8 Å². The predicted octanol–water partition coefficient (Wildman–Crippen LogP) is 2.85. The van der Waals surface area contributed by atoms with Crippen LogP contribution in [0.15, 0.2) is 48.5 Å². The molecule has 0 radical (unpaired) electrons. The van der Waals surface area contributed by atoms with Gasteiger partial charge in [0.25, 0.3) is 0 Å². The average molecular weight is 304 g/mol. The minimum absolute atomic E-state index is 0.185. The highest BCUT2D eigenvalue weighted by atomic mass is 16.1. The standard InChI is InChI=1S/C20H20N2O/c1-15-14-18(22-13-5-8-19(22)20(21)23)12-11-17(15)10-9-16-6-3-2-4-7-16/h2-4,6-7,11-12,14,19H,5,8,13H2,1H3,(H2,21,23)/t19-/m1/s1. The fourth-order valence-corrected chi connectivity index (χ4v) is 3.00. The fraction of sp³-hybridized carbons (Fsp3) is 0.250. The molecule has 23 heavy (non-hydrogen) atoms. The number of anilines is 1. The summed E-state index contributed by atoms with van der Waals surface area (Å²) in [5.74, 6) is 6.16. The zero-order valence-electron chi connectivity index (χ0n) is 13.3. The van der Waals surface area contributed by atoms with Crippen LogP contribution in [0.1, 0.15) is 29.5 Å². The molecule has 0 saturated carbocycles. The third-order valence-electron chi connectivity index (χ3n) is 4.24. The van der Waals surface area contributed by atoms with Gasteiger partial charge in [0.15, 0.2) is 0 Å². The van der Waals surface area contributed by atoms with Crippen molar-refractivity contribution in [2.75, 3.05) is 11.4 Å². The van der Waals surface area contributed by atoms with Crippen molar-refractivity contribution < 1.29 is 4.79 Å². The zero-order valence-corrected chi connectivity index (χ0v) is 13.3. The lowest BCUT2D eigenvalue weighted by Crippen LogP contribution is -2.40. The molecule has 1 amide bonds. The van der Waals surface area contributed by atoms with Crippen molar-refractivity contribution in [2.45, 2.75) is 25.8 Å². The lowest BCUT2D eigenvalue weighted by molar-refractivity contribution is -0.119. The Labute approximate surface area is 137 Å². The zero-order chi connectivity index (χ0) is 16.2. The molecule has 116 valence electrons. The average Bonchev–Trinajstić information content (AvgIpc) is 3.04. The van der Waals surface area contributed by atoms with E-state index in [4.69, 9.17) is 5.73 Å². The van der Waals surface area contributed by atoms with Gasteiger partial charge in [0, 0.05) is 23.4 Å². The smallest absolute Gasteiger partial charge is 0.240 e. The number of carbonyl (C=O) groups is 1. The maximum absolute atomic E-state index is 11.6. The van der Waals surface area contributed by atoms with Crippen LogP contribution < -0.4 is 10.6 Å². The molecule has 0 spiro atoms. The van der Waals surface area contributed by atoms with Crippen molar-refractivity contribution in [1.29, 1.82) is 0 Å². The molecule has 2 aromatic carbocycles. The molecule has 3 heteroatoms. The molecule has 1 aliphatic heterocycles. The van der Waals surface area contributed by atoms with E-state index in [0.717, 1.165) is 41.8 Å². The number of nitrogens with two attached hydrogens (primary N) is 1. The van der Waals surface area contributed by atoms with E-state index in [9.17, 15) is 4.79 Å². The van der Waals surface area contributed by atoms with Crippen LogP contribution in [0.5, 0.6) is 0 Å². The molecule has 1 fully saturated rings. The van der Waals surface area contributed by atoms with E-state index in [2.05, 4.69) is 22.8 Å². The van der Waals surface area contributed by atoms with E-state index in [-0.39, 0.29) is 11.9 Å². The van der Waals surface area contributed by atoms with Gasteiger partial charge in [-0.25, -0.2) is 0 Å². The van der Waals surface area contributed by atoms with Crippen molar-refractivity contribution in [1.82, 2.24) is 0 Å². The van der Waals surface area contributed by atoms with Gasteiger partial charge in [0.2, 0.25) is 5.91 Å². The number of rotatable bonds is 2. The second-order valence-electron chi connectivity index (χ2n) is 5.87. The van der Waals surface area contributed by atoms with Gasteiger partial charge in [-0.1, -0.05) is 30.0 Å². The van der Waals surface area contributed by atoms with E-state index in [0.29, 0.717) is 0 Å². The normalized spacial score (nSPS) is 16.7. The number of aryl methyl sites for hydroxylation is 1. The summed E-state index contributed by atoms with van der Waals surface area (Å²) in [6, 6.07) is 15.9. The Morgan fingerprint density at radius 1 is 1.17 bits per heavy atom. The van der Waals surface area contributed by atoms with Crippen molar-refractivity contribution in [3.63, 3.8) is 0 Å². The minimum Gasteiger partial charge on any atom is -0.368 e. The van der Waals surface area contributed by atoms with Crippen molar-refractivity contribution in [2.24, 2.45) is 5.73 Å². The predicted molar refractivity (Wildman–Crippen MR) is 93.2 cm³/mol. The van der Waals surface area contributed by atoms with E-state index in [1.807, 2.05) is 49.4 Å². The Morgan fingerprint density at radius 2 is 1.96 bits per heavy atom. The first kappa shape index (κ1) is 15.2. The summed E-state index contributed by atoms with van der Waals surface area (Å²) in [4.78, 5) is 13.7. The maximum atomic E-state index is 11.6. The van der Waals surface area contributed by atoms with Gasteiger partial charge in [-0.15, -0.1) is 0 Å². The Morgan fingerprint density at radius 3 is 2.65 bits per heavy atom. The quantitative estimate of drug-likeness (QED) is 0.867. The second kappa shape index (κ2) is 6.58. The molecular formula is C20H20N2O. The Balaban J connectivity index is 1.84. The first-order valence-corrected chi connectivity index (χ1v) is 7.89. The summed E-state index contributed by atoms with van der Waals surface area (Å²) >= 11 is 0. The van der Waals surface area contributed by atoms with E-state index >= 15 is 0 Å². The van der Waals surface area contributed by atoms with E-state index in [1.54, 1.807) is 0 Å². The largest absolute Gasteiger partial charge is 0.368 e. The Hall–Kier alpha value is -2.73. The SMILES string of the molecule is Cc1cc(N2CCC[C@@H]2C(N)=O)ccc1C#Cc1ccccc1. The molecule has 0 bridgehead atoms. The molecule has 1 atom stereocenters. The number of hydrogen-bond acceptors (Lipinski definition) is 2. The van der Waals surface area contributed by atoms with Gasteiger partial charge >= 0.3 is 0 Å². The van der Waals surface area contributed by atoms with Crippen LogP contribution in [0, 0.1) is 18.8 Å². The molecule has 2 aromatic rings. The molecule has 1 aliphatic rings. The summed E-state index contributed by atoms with van der Waals surface area (Å²) in [5, 5.41) is 0. The first-order chi connectivity index (χ1) is 11.1. The van der Waals surface area contributed by atoms with Gasteiger partial charge in [0.05, 0.1) is 0 Å². The molecule has 0 aromatic heterocycles. The van der Waals surface area contributed by atoms with Crippen LogP contribution >= 0.6 is 0 Å². The summed E-state index contributed by atoms with van der Waals surface area (Å²) in [5.41, 5.74) is 9.68. The van der Waals surface area contributed by atoms with Gasteiger partial charge in [-0.05, 0) is 55.7 Å². The third kappa shape index (κ3) is 3.37. The molecule has 3 rings (SSSR count). The highest BCUT2D eigenvalue weighted by Gasteiger charge is 2.29. The highest BCUT2D eigenvalue weighted by Crippen LogP contribution is 2.27. The lowest BCUT2D eigenvalue weighted by atomic mass is 10.1. The second-order valence-corrected chi connectivity index (χ2v) is 5.87. The number of hydrogen-bond donors (Lipinski definition) is 1. The van der Waals surface area contributed by atoms with Crippen molar-refractivity contribution >= 4 is 11.6 Å². The van der Waals surface area contributed by atoms with Crippen LogP contribution in [0.25, 0.3) is 0 Å². The maximum Gasteiger partial charge on any atom is 0.240 e. The third-order valence-corrected chi connectivity index (χ3v) is 4.24. The number of primary amides is 1. The molecule has 3 nitrogen and oxygen atoms in total. The summed E-state index contributed by atoms with van der Waals surface area (Å²) in [7, 11) is 0. The fourth-order valence-electron chi connectivity index (χ4n) is 3.00. The number of amides is 1. The first-order valence-electron chi connectivity index (χ1n) is 7.89. The van der Waals surface area contributed by atoms with Gasteiger partial charge < -0.3 is 10.6 Å². The number of nitrogens with zero attached hydrogens (tertiary/aromatic N) is 1. The van der Waals surface area contributed by atoms with Crippen molar-refractivity contribution in [3.05, 3.63) is 65.2 Å². The Kier molecular flexibility index (Phi) is 4.34. The summed E-state index contributed by atoms with van der Waals surface area (Å²) in [6.07, 6.45) is 1.84. The van der Waals surface area contributed by atoms with Gasteiger partial charge in [0.1, 0.15) is 6.04 Å². The van der Waals surface area contributed by atoms with Crippen LogP contribution in [-0.4, -0.2) is 18.5 Å². The molecule has 1 heterocycles. The summed E-state index contributed by atoms with van der Waals surface area (Å²) < 4.78 is 0. The molecule has 0 aliphatic carbocycles. The number of carbonyl (C=O) groups excluding carboxylic acids is 1. The topological polar surface area (TPSA) is 46.3 Å². The minimum atomic E-state index is -0.243. The summed E-state index contributed by atoms with van der Waals surface area (Å²) in [6.45, 7) is 2.93. The Bertz CT molecular complexity index is 771. The molecule has 2 N–H and O–H groups in total. The van der Waals surface area contributed by atoms with Crippen LogP contribution in [0.2, 0.25) is 0 Å². The molecule has 0 unspecified atom stereocenters. The monoisotopic (exact) mass is 304 g/mol. The number of benzene rings is 2.